The minimum Gasteiger partial charge on any atom is -0.379 e. The molecule has 2 N–H and O–H groups in total. The van der Waals surface area contributed by atoms with Gasteiger partial charge in [-0.2, -0.15) is 0 Å². The summed E-state index contributed by atoms with van der Waals surface area (Å²) in [5, 5.41) is 8.51. The Morgan fingerprint density at radius 1 is 1.14 bits per heavy atom. The van der Waals surface area contributed by atoms with E-state index in [4.69, 9.17) is 19.0 Å². The number of rotatable bonds is 14. The van der Waals surface area contributed by atoms with E-state index in [2.05, 4.69) is 11.8 Å². The number of ether oxygens (including phenoxy) is 1. The van der Waals surface area contributed by atoms with E-state index < -0.39 is 13.9 Å². The van der Waals surface area contributed by atoms with Gasteiger partial charge in [-0.15, -0.1) is 0 Å². The van der Waals surface area contributed by atoms with E-state index >= 15 is 0 Å². The number of phosphoric acid groups is 1. The normalized spacial score (nSPS) is 16.5. The van der Waals surface area contributed by atoms with Gasteiger partial charge in [-0.3, -0.25) is 14.3 Å². The third-order valence-corrected chi connectivity index (χ3v) is 3.83. The average molecular weight is 344 g/mol. The van der Waals surface area contributed by atoms with Crippen molar-refractivity contribution in [3.05, 3.63) is 0 Å². The van der Waals surface area contributed by atoms with Gasteiger partial charge in [0, 0.05) is 6.61 Å². The monoisotopic (exact) mass is 344 g/mol. The van der Waals surface area contributed by atoms with Gasteiger partial charge in [0.15, 0.2) is 0 Å². The Labute approximate surface area is 133 Å². The highest BCUT2D eigenvalue weighted by molar-refractivity contribution is 7.47. The van der Waals surface area contributed by atoms with Crippen LogP contribution in [0.25, 0.3) is 0 Å². The van der Waals surface area contributed by atoms with Crippen molar-refractivity contribution in [2.24, 2.45) is 0 Å². The van der Waals surface area contributed by atoms with Crippen LogP contribution in [0.4, 0.5) is 0 Å². The fourth-order valence-corrected chi connectivity index (χ4v) is 2.38. The van der Waals surface area contributed by atoms with Gasteiger partial charge in [0.05, 0.1) is 27.7 Å². The van der Waals surface area contributed by atoms with Crippen LogP contribution in [-0.4, -0.2) is 74.9 Å². The molecule has 0 spiro atoms. The lowest BCUT2D eigenvalue weighted by molar-refractivity contribution is -0.870. The van der Waals surface area contributed by atoms with Crippen molar-refractivity contribution in [2.75, 3.05) is 54.1 Å². The van der Waals surface area contributed by atoms with Crippen LogP contribution in [0, 0.1) is 0 Å². The van der Waals surface area contributed by atoms with E-state index in [0.717, 1.165) is 19.3 Å². The Bertz CT molecular complexity index is 322. The maximum Gasteiger partial charge on any atom is 0.472 e. The summed E-state index contributed by atoms with van der Waals surface area (Å²) in [6.07, 6.45) is 2.16. The maximum atomic E-state index is 11.8. The first-order chi connectivity index (χ1) is 10.2. The lowest BCUT2D eigenvalue weighted by atomic mass is 10.3. The zero-order valence-corrected chi connectivity index (χ0v) is 15.0. The highest BCUT2D eigenvalue weighted by Gasteiger charge is 2.28. The third-order valence-electron chi connectivity index (χ3n) is 2.76. The Kier molecular flexibility index (Phi) is 11.5. The van der Waals surface area contributed by atoms with E-state index in [9.17, 15) is 9.46 Å². The van der Waals surface area contributed by atoms with Crippen LogP contribution in [0.5, 0.6) is 0 Å². The van der Waals surface area contributed by atoms with Gasteiger partial charge >= 0.3 is 7.82 Å². The van der Waals surface area contributed by atoms with E-state index in [1.807, 2.05) is 21.1 Å². The lowest BCUT2D eigenvalue weighted by Gasteiger charge is -2.25. The molecule has 9 heteroatoms. The van der Waals surface area contributed by atoms with Crippen LogP contribution in [0.2, 0.25) is 0 Å². The molecule has 8 nitrogen and oxygen atoms in total. The smallest absolute Gasteiger partial charge is 0.379 e. The molecule has 0 heterocycles. The molecule has 0 saturated carbocycles. The first-order valence-corrected chi connectivity index (χ1v) is 9.00. The molecule has 0 radical (unpaired) electrons. The van der Waals surface area contributed by atoms with Crippen molar-refractivity contribution in [3.8, 4) is 0 Å². The van der Waals surface area contributed by atoms with Crippen LogP contribution in [-0.2, 0) is 23.2 Å². The Morgan fingerprint density at radius 3 is 2.36 bits per heavy atom. The third kappa shape index (κ3) is 13.6. The van der Waals surface area contributed by atoms with Gasteiger partial charge in [0.25, 0.3) is 0 Å². The van der Waals surface area contributed by atoms with Crippen molar-refractivity contribution in [3.63, 3.8) is 0 Å². The summed E-state index contributed by atoms with van der Waals surface area (Å²) in [5.74, 6) is 0. The summed E-state index contributed by atoms with van der Waals surface area (Å²) < 4.78 is 27.7. The van der Waals surface area contributed by atoms with Gasteiger partial charge in [-0.1, -0.05) is 19.8 Å². The Balaban J connectivity index is 4.13. The molecule has 0 fully saturated rings. The van der Waals surface area contributed by atoms with E-state index in [1.54, 1.807) is 0 Å². The first kappa shape index (κ1) is 21.9. The molecule has 1 unspecified atom stereocenters. The molecule has 22 heavy (non-hydrogen) atoms. The predicted octanol–water partition coefficient (Wildman–Crippen LogP) is 1.89. The van der Waals surface area contributed by atoms with E-state index in [-0.39, 0.29) is 19.8 Å². The second-order valence-electron chi connectivity index (χ2n) is 6.12. The largest absolute Gasteiger partial charge is 0.472 e. The van der Waals surface area contributed by atoms with Crippen LogP contribution >= 0.6 is 7.82 Å². The average Bonchev–Trinajstić information content (AvgIpc) is 2.36. The molecule has 2 atom stereocenters. The summed E-state index contributed by atoms with van der Waals surface area (Å²) in [7, 11) is 1.62. The molecule has 0 rings (SSSR count). The van der Waals surface area contributed by atoms with Gasteiger partial charge in [-0.25, -0.2) is 9.45 Å². The topological polar surface area (TPSA) is 94.5 Å². The molecule has 0 aliphatic rings. The highest BCUT2D eigenvalue weighted by atomic mass is 31.2. The minimum absolute atomic E-state index is 0.0491. The number of hydrogen-bond donors (Lipinski definition) is 2. The summed E-state index contributed by atoms with van der Waals surface area (Å²) in [6, 6.07) is 0. The fraction of sp³-hybridized carbons (Fsp3) is 1.00. The van der Waals surface area contributed by atoms with Crippen LogP contribution < -0.4 is 0 Å². The van der Waals surface area contributed by atoms with Crippen molar-refractivity contribution in [1.82, 2.24) is 0 Å². The second-order valence-corrected chi connectivity index (χ2v) is 7.53. The Hall–Kier alpha value is -0.0500. The minimum atomic E-state index is -4.21. The molecule has 0 amide bonds. The zero-order valence-electron chi connectivity index (χ0n) is 14.1. The van der Waals surface area contributed by atoms with Crippen molar-refractivity contribution >= 4 is 7.82 Å². The number of nitrogens with zero attached hydrogens (tertiary/aromatic N) is 1. The van der Waals surface area contributed by atoms with E-state index in [0.29, 0.717) is 17.6 Å². The standard InChI is InChI=1S/C13H30NO7P/c1-5-6-7-9-18-11-13(12-19-15)21-22(16,17)20-10-8-14(2,3)4/h13H,5-12H2,1-4H3,(H-,15,16,17)/p+1/t13-/m1/s1. The molecule has 0 aliphatic heterocycles. The van der Waals surface area contributed by atoms with E-state index in [1.165, 1.54) is 0 Å². The van der Waals surface area contributed by atoms with Gasteiger partial charge in [0.1, 0.15) is 25.9 Å². The van der Waals surface area contributed by atoms with Gasteiger partial charge in [0.2, 0.25) is 0 Å². The zero-order chi connectivity index (χ0) is 17.1. The summed E-state index contributed by atoms with van der Waals surface area (Å²) in [5.41, 5.74) is 0. The summed E-state index contributed by atoms with van der Waals surface area (Å²) in [4.78, 5) is 13.7. The maximum absolute atomic E-state index is 11.8. The van der Waals surface area contributed by atoms with Crippen molar-refractivity contribution in [2.45, 2.75) is 32.3 Å². The number of likely N-dealkylation sites (N-methyl/N-ethyl adjacent to an activating group) is 1. The van der Waals surface area contributed by atoms with Crippen LogP contribution in [0.15, 0.2) is 0 Å². The molecule has 0 saturated heterocycles. The van der Waals surface area contributed by atoms with Crippen molar-refractivity contribution < 1.29 is 37.9 Å². The molecule has 0 aromatic heterocycles. The predicted molar refractivity (Wildman–Crippen MR) is 82.5 cm³/mol. The quantitative estimate of drug-likeness (QED) is 0.163. The molecule has 134 valence electrons. The first-order valence-electron chi connectivity index (χ1n) is 7.50. The van der Waals surface area contributed by atoms with Crippen LogP contribution in [0.3, 0.4) is 0 Å². The van der Waals surface area contributed by atoms with Crippen LogP contribution in [0.1, 0.15) is 26.2 Å². The fourth-order valence-electron chi connectivity index (χ4n) is 1.51. The molecule has 0 bridgehead atoms. The number of unbranched alkanes of at least 4 members (excludes halogenated alkanes) is 2. The highest BCUT2D eigenvalue weighted by Crippen LogP contribution is 2.44. The van der Waals surface area contributed by atoms with Gasteiger partial charge < -0.3 is 14.1 Å². The van der Waals surface area contributed by atoms with Gasteiger partial charge in [-0.05, 0) is 6.42 Å². The lowest BCUT2D eigenvalue weighted by Crippen LogP contribution is -2.37. The number of quaternary nitrogens is 1. The molecule has 0 aliphatic carbocycles. The second kappa shape index (κ2) is 11.5. The molecule has 0 aromatic rings. The summed E-state index contributed by atoms with van der Waals surface area (Å²) >= 11 is 0. The molecular weight excluding hydrogens is 313 g/mol. The molecular formula is C13H31NO7P+. The van der Waals surface area contributed by atoms with Crippen molar-refractivity contribution in [1.29, 1.82) is 0 Å². The summed E-state index contributed by atoms with van der Waals surface area (Å²) in [6.45, 7) is 3.03. The molecule has 0 aromatic carbocycles. The number of hydrogen-bond acceptors (Lipinski definition) is 6. The number of phosphoric ester groups is 1. The Morgan fingerprint density at radius 2 is 1.82 bits per heavy atom. The SMILES string of the molecule is CCCCCOC[C@H](COO)OP(=O)(O)OCC[N+](C)(C)C.